The van der Waals surface area contributed by atoms with Crippen molar-refractivity contribution in [2.45, 2.75) is 45.1 Å². The molecule has 1 aliphatic carbocycles. The molecule has 0 spiro atoms. The highest BCUT2D eigenvalue weighted by Crippen LogP contribution is 2.22. The molecule has 0 bridgehead atoms. The third-order valence-corrected chi connectivity index (χ3v) is 4.06. The van der Waals surface area contributed by atoms with Crippen LogP contribution < -0.4 is 10.1 Å². The van der Waals surface area contributed by atoms with Crippen LogP contribution in [0.3, 0.4) is 0 Å². The van der Waals surface area contributed by atoms with Gasteiger partial charge in [0.15, 0.2) is 0 Å². The Bertz CT molecular complexity index is 388. The fourth-order valence-electron chi connectivity index (χ4n) is 2.81. The number of nitrogens with one attached hydrogen (secondary N) is 1. The van der Waals surface area contributed by atoms with E-state index in [-0.39, 0.29) is 0 Å². The van der Waals surface area contributed by atoms with E-state index < -0.39 is 6.10 Å². The van der Waals surface area contributed by atoms with Crippen LogP contribution in [0.15, 0.2) is 24.3 Å². The van der Waals surface area contributed by atoms with Gasteiger partial charge in [-0.05, 0) is 43.9 Å². The number of hydrogen-bond acceptors (Lipinski definition) is 3. The average molecular weight is 277 g/mol. The van der Waals surface area contributed by atoms with Crippen LogP contribution in [0, 0.1) is 12.8 Å². The zero-order chi connectivity index (χ0) is 14.2. The van der Waals surface area contributed by atoms with Crippen molar-refractivity contribution in [1.29, 1.82) is 0 Å². The van der Waals surface area contributed by atoms with Crippen LogP contribution >= 0.6 is 0 Å². The molecule has 0 amide bonds. The summed E-state index contributed by atoms with van der Waals surface area (Å²) in [4.78, 5) is 0. The average Bonchev–Trinajstić information content (AvgIpc) is 2.47. The fraction of sp³-hybridized carbons (Fsp3) is 0.647. The van der Waals surface area contributed by atoms with Crippen LogP contribution in [0.25, 0.3) is 0 Å². The molecule has 1 aromatic carbocycles. The van der Waals surface area contributed by atoms with E-state index in [1.165, 1.54) is 32.1 Å². The Labute approximate surface area is 122 Å². The Balaban J connectivity index is 1.60. The maximum Gasteiger partial charge on any atom is 0.122 e. The van der Waals surface area contributed by atoms with Crippen LogP contribution in [0.4, 0.5) is 0 Å². The number of ether oxygens (including phenoxy) is 1. The van der Waals surface area contributed by atoms with Gasteiger partial charge in [0, 0.05) is 6.54 Å². The zero-order valence-corrected chi connectivity index (χ0v) is 12.5. The summed E-state index contributed by atoms with van der Waals surface area (Å²) in [6, 6.07) is 7.90. The second-order valence-electron chi connectivity index (χ2n) is 5.89. The molecule has 112 valence electrons. The van der Waals surface area contributed by atoms with Gasteiger partial charge < -0.3 is 15.2 Å². The molecule has 20 heavy (non-hydrogen) atoms. The SMILES string of the molecule is Cc1ccccc1OCC(O)CNCC1CCCCC1. The highest BCUT2D eigenvalue weighted by Gasteiger charge is 2.13. The van der Waals surface area contributed by atoms with Gasteiger partial charge in [0.1, 0.15) is 18.5 Å². The maximum atomic E-state index is 9.94. The molecule has 1 aliphatic rings. The minimum Gasteiger partial charge on any atom is -0.491 e. The van der Waals surface area contributed by atoms with E-state index in [9.17, 15) is 5.11 Å². The lowest BCUT2D eigenvalue weighted by Crippen LogP contribution is -2.34. The maximum absolute atomic E-state index is 9.94. The van der Waals surface area contributed by atoms with E-state index in [4.69, 9.17) is 4.74 Å². The smallest absolute Gasteiger partial charge is 0.122 e. The molecule has 1 atom stereocenters. The fourth-order valence-corrected chi connectivity index (χ4v) is 2.81. The molecule has 1 saturated carbocycles. The van der Waals surface area contributed by atoms with Crippen molar-refractivity contribution in [3.63, 3.8) is 0 Å². The van der Waals surface area contributed by atoms with E-state index >= 15 is 0 Å². The van der Waals surface area contributed by atoms with E-state index in [2.05, 4.69) is 5.32 Å². The van der Waals surface area contributed by atoms with Crippen molar-refractivity contribution in [2.75, 3.05) is 19.7 Å². The van der Waals surface area contributed by atoms with Crippen molar-refractivity contribution in [3.8, 4) is 5.75 Å². The lowest BCUT2D eigenvalue weighted by atomic mass is 9.89. The summed E-state index contributed by atoms with van der Waals surface area (Å²) in [6.45, 7) is 4.01. The van der Waals surface area contributed by atoms with Gasteiger partial charge in [-0.15, -0.1) is 0 Å². The summed E-state index contributed by atoms with van der Waals surface area (Å²) >= 11 is 0. The van der Waals surface area contributed by atoms with Crippen molar-refractivity contribution in [2.24, 2.45) is 5.92 Å². The van der Waals surface area contributed by atoms with Crippen molar-refractivity contribution in [1.82, 2.24) is 5.32 Å². The molecule has 3 nitrogen and oxygen atoms in total. The van der Waals surface area contributed by atoms with Gasteiger partial charge in [0.05, 0.1) is 0 Å². The normalized spacial score (nSPS) is 17.9. The highest BCUT2D eigenvalue weighted by atomic mass is 16.5. The first kappa shape index (κ1) is 15.3. The van der Waals surface area contributed by atoms with Gasteiger partial charge in [-0.1, -0.05) is 37.5 Å². The number of aryl methyl sites for hydroxylation is 1. The van der Waals surface area contributed by atoms with Crippen LogP contribution in [0.2, 0.25) is 0 Å². The van der Waals surface area contributed by atoms with Gasteiger partial charge in [-0.3, -0.25) is 0 Å². The number of benzene rings is 1. The second-order valence-corrected chi connectivity index (χ2v) is 5.89. The van der Waals surface area contributed by atoms with Crippen LogP contribution in [0.5, 0.6) is 5.75 Å². The molecule has 0 radical (unpaired) electrons. The molecule has 0 heterocycles. The first-order valence-corrected chi connectivity index (χ1v) is 7.83. The van der Waals surface area contributed by atoms with Crippen LogP contribution in [-0.4, -0.2) is 30.9 Å². The minimum absolute atomic E-state index is 0.350. The summed E-state index contributed by atoms with van der Waals surface area (Å²) < 4.78 is 5.65. The van der Waals surface area contributed by atoms with E-state index in [1.807, 2.05) is 31.2 Å². The van der Waals surface area contributed by atoms with Gasteiger partial charge in [-0.2, -0.15) is 0 Å². The number of para-hydroxylation sites is 1. The predicted molar refractivity (Wildman–Crippen MR) is 82.1 cm³/mol. The van der Waals surface area contributed by atoms with Crippen molar-refractivity contribution < 1.29 is 9.84 Å². The quantitative estimate of drug-likeness (QED) is 0.805. The Kier molecular flexibility index (Phi) is 6.34. The molecule has 1 aromatic rings. The van der Waals surface area contributed by atoms with Crippen LogP contribution in [-0.2, 0) is 0 Å². The largest absolute Gasteiger partial charge is 0.491 e. The third-order valence-electron chi connectivity index (χ3n) is 4.06. The molecule has 1 fully saturated rings. The summed E-state index contributed by atoms with van der Waals surface area (Å²) in [5.41, 5.74) is 1.11. The van der Waals surface area contributed by atoms with Gasteiger partial charge in [-0.25, -0.2) is 0 Å². The Hall–Kier alpha value is -1.06. The molecule has 1 unspecified atom stereocenters. The molecule has 0 aliphatic heterocycles. The molecule has 2 N–H and O–H groups in total. The van der Waals surface area contributed by atoms with Gasteiger partial charge in [0.2, 0.25) is 0 Å². The standard InChI is InChI=1S/C17H27NO2/c1-14-7-5-6-10-17(14)20-13-16(19)12-18-11-15-8-3-2-4-9-15/h5-7,10,15-16,18-19H,2-4,8-9,11-13H2,1H3. The number of aliphatic hydroxyl groups excluding tert-OH is 1. The van der Waals surface area contributed by atoms with E-state index in [0.29, 0.717) is 13.2 Å². The number of hydrogen-bond donors (Lipinski definition) is 2. The summed E-state index contributed by atoms with van der Waals surface area (Å²) in [6.07, 6.45) is 6.35. The molecular formula is C17H27NO2. The molecule has 2 rings (SSSR count). The molecular weight excluding hydrogens is 250 g/mol. The monoisotopic (exact) mass is 277 g/mol. The predicted octanol–water partition coefficient (Wildman–Crippen LogP) is 2.90. The first-order chi connectivity index (χ1) is 9.75. The van der Waals surface area contributed by atoms with Crippen LogP contribution in [0.1, 0.15) is 37.7 Å². The summed E-state index contributed by atoms with van der Waals surface area (Å²) in [7, 11) is 0. The summed E-state index contributed by atoms with van der Waals surface area (Å²) in [5.74, 6) is 1.66. The lowest BCUT2D eigenvalue weighted by Gasteiger charge is -2.22. The van der Waals surface area contributed by atoms with Gasteiger partial charge >= 0.3 is 0 Å². The Morgan fingerprint density at radius 2 is 2.00 bits per heavy atom. The van der Waals surface area contributed by atoms with E-state index in [1.54, 1.807) is 0 Å². The minimum atomic E-state index is -0.446. The molecule has 0 aromatic heterocycles. The van der Waals surface area contributed by atoms with Crippen molar-refractivity contribution >= 4 is 0 Å². The van der Waals surface area contributed by atoms with E-state index in [0.717, 1.165) is 23.8 Å². The molecule has 0 saturated heterocycles. The molecule has 3 heteroatoms. The van der Waals surface area contributed by atoms with Gasteiger partial charge in [0.25, 0.3) is 0 Å². The third kappa shape index (κ3) is 5.14. The second kappa shape index (κ2) is 8.28. The summed E-state index contributed by atoms with van der Waals surface area (Å²) in [5, 5.41) is 13.3. The highest BCUT2D eigenvalue weighted by molar-refractivity contribution is 5.31. The Morgan fingerprint density at radius 1 is 1.25 bits per heavy atom. The van der Waals surface area contributed by atoms with Crippen molar-refractivity contribution in [3.05, 3.63) is 29.8 Å². The topological polar surface area (TPSA) is 41.5 Å². The first-order valence-electron chi connectivity index (χ1n) is 7.83. The lowest BCUT2D eigenvalue weighted by molar-refractivity contribution is 0.104. The zero-order valence-electron chi connectivity index (χ0n) is 12.5. The number of aliphatic hydroxyl groups is 1. The Morgan fingerprint density at radius 3 is 2.75 bits per heavy atom. The number of rotatable bonds is 7.